The van der Waals surface area contributed by atoms with Crippen molar-refractivity contribution in [3.8, 4) is 11.9 Å². The largest absolute Gasteiger partial charge is 0.365 e. The highest BCUT2D eigenvalue weighted by Gasteiger charge is 2.04. The lowest BCUT2D eigenvalue weighted by Gasteiger charge is -2.18. The van der Waals surface area contributed by atoms with Crippen LogP contribution >= 0.6 is 11.9 Å². The Morgan fingerprint density at radius 3 is 2.88 bits per heavy atom. The highest BCUT2D eigenvalue weighted by molar-refractivity contribution is 6.08. The molecule has 1 rings (SSSR count). The van der Waals surface area contributed by atoms with E-state index in [0.717, 1.165) is 25.2 Å². The Labute approximate surface area is 101 Å². The molecule has 0 fully saturated rings. The monoisotopic (exact) mass is 239 g/mol. The minimum Gasteiger partial charge on any atom is -0.365 e. The van der Waals surface area contributed by atoms with Crippen molar-refractivity contribution in [2.24, 2.45) is 0 Å². The number of nitrogens with zero attached hydrogens (tertiary/aromatic N) is 3. The van der Waals surface area contributed by atoms with Gasteiger partial charge in [0.15, 0.2) is 0 Å². The first-order valence-electron chi connectivity index (χ1n) is 5.13. The van der Waals surface area contributed by atoms with E-state index in [1.165, 1.54) is 0 Å². The van der Waals surface area contributed by atoms with Gasteiger partial charge in [0.1, 0.15) is 11.9 Å². The summed E-state index contributed by atoms with van der Waals surface area (Å²) in [5, 5.41) is 8.52. The van der Waals surface area contributed by atoms with E-state index in [9.17, 15) is 0 Å². The fraction of sp³-hybridized carbons (Fsp3) is 0.455. The highest BCUT2D eigenvalue weighted by atomic mass is 35.5. The van der Waals surface area contributed by atoms with Crippen molar-refractivity contribution in [3.63, 3.8) is 0 Å². The van der Waals surface area contributed by atoms with Crippen LogP contribution in [0.15, 0.2) is 18.3 Å². The van der Waals surface area contributed by atoms with Crippen molar-refractivity contribution >= 4 is 11.9 Å². The van der Waals surface area contributed by atoms with E-state index in [4.69, 9.17) is 17.1 Å². The van der Waals surface area contributed by atoms with Crippen LogP contribution in [-0.4, -0.2) is 23.0 Å². The predicted molar refractivity (Wildman–Crippen MR) is 61.9 cm³/mol. The topological polar surface area (TPSA) is 49.2 Å². The van der Waals surface area contributed by atoms with Gasteiger partial charge in [0.2, 0.25) is 5.88 Å². The molecule has 86 valence electrons. The minimum atomic E-state index is 0.394. The van der Waals surface area contributed by atoms with E-state index in [2.05, 4.69) is 27.2 Å². The van der Waals surface area contributed by atoms with Gasteiger partial charge in [0.25, 0.3) is 0 Å². The van der Waals surface area contributed by atoms with Crippen LogP contribution in [0.25, 0.3) is 0 Å². The number of hydrogen-bond acceptors (Lipinski definition) is 4. The smallest absolute Gasteiger partial charge is 0.236 e. The van der Waals surface area contributed by atoms with Gasteiger partial charge < -0.3 is 4.29 Å². The Balaban J connectivity index is 2.53. The maximum absolute atomic E-state index is 8.52. The quantitative estimate of drug-likeness (QED) is 0.765. The summed E-state index contributed by atoms with van der Waals surface area (Å²) in [6.07, 6.45) is 2.27. The lowest BCUT2D eigenvalue weighted by molar-refractivity contribution is 0.286. The maximum atomic E-state index is 8.52. The van der Waals surface area contributed by atoms with Gasteiger partial charge in [0, 0.05) is 31.8 Å². The molecule has 0 unspecified atom stereocenters. The lowest BCUT2D eigenvalue weighted by Crippen LogP contribution is -2.23. The van der Waals surface area contributed by atoms with Gasteiger partial charge in [-0.15, -0.1) is 0 Å². The fourth-order valence-electron chi connectivity index (χ4n) is 1.37. The summed E-state index contributed by atoms with van der Waals surface area (Å²) in [4.78, 5) is 6.20. The number of nitriles is 1. The van der Waals surface area contributed by atoms with Gasteiger partial charge in [-0.2, -0.15) is 5.26 Å². The summed E-state index contributed by atoms with van der Waals surface area (Å²) in [5.41, 5.74) is 1.08. The van der Waals surface area contributed by atoms with Crippen molar-refractivity contribution in [2.75, 3.05) is 13.1 Å². The van der Waals surface area contributed by atoms with Crippen molar-refractivity contribution in [2.45, 2.75) is 19.9 Å². The standard InChI is InChI=1S/C11H14ClN3O/c1-2-15(7-3-6-13)9-10-4-5-11(16-12)14-8-10/h4-5,8H,2-3,7,9H2,1H3. The third kappa shape index (κ3) is 4.05. The van der Waals surface area contributed by atoms with Crippen LogP contribution in [0.1, 0.15) is 18.9 Å². The van der Waals surface area contributed by atoms with E-state index in [-0.39, 0.29) is 0 Å². The first-order valence-corrected chi connectivity index (χ1v) is 5.43. The van der Waals surface area contributed by atoms with E-state index in [1.54, 1.807) is 12.3 Å². The van der Waals surface area contributed by atoms with Crippen LogP contribution in [0.4, 0.5) is 0 Å². The van der Waals surface area contributed by atoms with Crippen molar-refractivity contribution < 1.29 is 4.29 Å². The molecular formula is C11H14ClN3O. The van der Waals surface area contributed by atoms with Gasteiger partial charge >= 0.3 is 0 Å². The minimum absolute atomic E-state index is 0.394. The first kappa shape index (κ1) is 12.8. The molecular weight excluding hydrogens is 226 g/mol. The van der Waals surface area contributed by atoms with Crippen LogP contribution in [-0.2, 0) is 6.54 Å². The number of hydrogen-bond donors (Lipinski definition) is 0. The molecule has 1 heterocycles. The van der Waals surface area contributed by atoms with Gasteiger partial charge in [-0.05, 0) is 12.1 Å². The van der Waals surface area contributed by atoms with Crippen LogP contribution < -0.4 is 4.29 Å². The number of rotatable bonds is 6. The van der Waals surface area contributed by atoms with Crippen LogP contribution in [0, 0.1) is 11.3 Å². The second-order valence-electron chi connectivity index (χ2n) is 3.36. The number of aromatic nitrogens is 1. The molecule has 4 nitrogen and oxygen atoms in total. The summed E-state index contributed by atoms with van der Waals surface area (Å²) < 4.78 is 4.47. The molecule has 16 heavy (non-hydrogen) atoms. The summed E-state index contributed by atoms with van der Waals surface area (Å²) in [7, 11) is 0. The van der Waals surface area contributed by atoms with Gasteiger partial charge in [-0.1, -0.05) is 13.0 Å². The fourth-order valence-corrected chi connectivity index (χ4v) is 1.46. The zero-order chi connectivity index (χ0) is 11.8. The third-order valence-electron chi connectivity index (χ3n) is 2.27. The molecule has 0 amide bonds. The molecule has 0 spiro atoms. The van der Waals surface area contributed by atoms with E-state index in [1.807, 2.05) is 6.07 Å². The van der Waals surface area contributed by atoms with Crippen molar-refractivity contribution in [3.05, 3.63) is 23.9 Å². The van der Waals surface area contributed by atoms with E-state index >= 15 is 0 Å². The Morgan fingerprint density at radius 1 is 1.56 bits per heavy atom. The molecule has 0 aliphatic carbocycles. The Hall–Kier alpha value is -1.31. The Kier molecular flexibility index (Phi) is 5.62. The van der Waals surface area contributed by atoms with Crippen LogP contribution in [0.3, 0.4) is 0 Å². The van der Waals surface area contributed by atoms with Crippen molar-refractivity contribution in [1.82, 2.24) is 9.88 Å². The summed E-state index contributed by atoms with van der Waals surface area (Å²) in [6, 6.07) is 5.78. The summed E-state index contributed by atoms with van der Waals surface area (Å²) >= 11 is 5.17. The molecule has 1 aromatic rings. The van der Waals surface area contributed by atoms with Crippen LogP contribution in [0.2, 0.25) is 0 Å². The molecule has 0 saturated carbocycles. The van der Waals surface area contributed by atoms with Crippen molar-refractivity contribution in [1.29, 1.82) is 5.26 Å². The summed E-state index contributed by atoms with van der Waals surface area (Å²) in [5.74, 6) is 0.394. The zero-order valence-electron chi connectivity index (χ0n) is 9.19. The average molecular weight is 240 g/mol. The van der Waals surface area contributed by atoms with E-state index in [0.29, 0.717) is 12.3 Å². The lowest BCUT2D eigenvalue weighted by atomic mass is 10.2. The van der Waals surface area contributed by atoms with Gasteiger partial charge in [0.05, 0.1) is 6.07 Å². The van der Waals surface area contributed by atoms with Crippen LogP contribution in [0.5, 0.6) is 5.88 Å². The number of pyridine rings is 1. The SMILES string of the molecule is CCN(CCC#N)Cc1ccc(OCl)nc1. The maximum Gasteiger partial charge on any atom is 0.236 e. The molecule has 0 saturated heterocycles. The second kappa shape index (κ2) is 7.04. The number of halogens is 1. The molecule has 0 radical (unpaired) electrons. The predicted octanol–water partition coefficient (Wildman–Crippen LogP) is 2.35. The third-order valence-corrected chi connectivity index (χ3v) is 2.43. The molecule has 0 aromatic carbocycles. The van der Waals surface area contributed by atoms with Gasteiger partial charge in [-0.3, -0.25) is 4.90 Å². The Bertz CT molecular complexity index is 347. The van der Waals surface area contributed by atoms with E-state index < -0.39 is 0 Å². The molecule has 5 heteroatoms. The Morgan fingerprint density at radius 2 is 2.38 bits per heavy atom. The molecule has 0 N–H and O–H groups in total. The first-order chi connectivity index (χ1) is 7.80. The normalized spacial score (nSPS) is 10.1. The molecule has 0 aliphatic heterocycles. The molecule has 0 bridgehead atoms. The van der Waals surface area contributed by atoms with Gasteiger partial charge in [-0.25, -0.2) is 4.98 Å². The molecule has 1 aromatic heterocycles. The zero-order valence-corrected chi connectivity index (χ0v) is 9.94. The molecule has 0 atom stereocenters. The summed E-state index contributed by atoms with van der Waals surface area (Å²) in [6.45, 7) is 4.55. The highest BCUT2D eigenvalue weighted by Crippen LogP contribution is 2.10. The second-order valence-corrected chi connectivity index (χ2v) is 3.51. The average Bonchev–Trinajstić information content (AvgIpc) is 2.35. The molecule has 0 aliphatic rings.